The predicted octanol–water partition coefficient (Wildman–Crippen LogP) is 1.55. The zero-order chi connectivity index (χ0) is 16.2. The monoisotopic (exact) mass is 317 g/mol. The van der Waals surface area contributed by atoms with E-state index in [0.717, 1.165) is 44.9 Å². The van der Waals surface area contributed by atoms with Gasteiger partial charge in [-0.1, -0.05) is 0 Å². The van der Waals surface area contributed by atoms with Gasteiger partial charge in [0.1, 0.15) is 6.04 Å². The molecule has 4 atom stereocenters. The summed E-state index contributed by atoms with van der Waals surface area (Å²) in [5.74, 6) is 0.989. The number of piperidine rings is 1. The van der Waals surface area contributed by atoms with Crippen LogP contribution in [0.4, 0.5) is 0 Å². The van der Waals surface area contributed by atoms with Crippen molar-refractivity contribution in [1.82, 2.24) is 4.90 Å². The van der Waals surface area contributed by atoms with Crippen LogP contribution in [-0.2, 0) is 4.79 Å². The second kappa shape index (κ2) is 5.19. The number of likely N-dealkylation sites (tertiary alicyclic amines) is 1. The topological polar surface area (TPSA) is 90.4 Å². The summed E-state index contributed by atoms with van der Waals surface area (Å²) >= 11 is 0. The van der Waals surface area contributed by atoms with Gasteiger partial charge in [-0.15, -0.1) is 0 Å². The molecule has 5 fully saturated rings. The molecule has 1 unspecified atom stereocenters. The number of nitriles is 1. The summed E-state index contributed by atoms with van der Waals surface area (Å²) in [5.41, 5.74) is 5.67. The Labute approximate surface area is 137 Å². The third kappa shape index (κ3) is 2.38. The van der Waals surface area contributed by atoms with E-state index in [1.807, 2.05) is 0 Å². The molecule has 0 aromatic heterocycles. The van der Waals surface area contributed by atoms with Crippen molar-refractivity contribution in [2.45, 2.75) is 75.5 Å². The molecular weight excluding hydrogens is 290 g/mol. The van der Waals surface area contributed by atoms with Crippen LogP contribution in [0, 0.1) is 28.6 Å². The van der Waals surface area contributed by atoms with Crippen LogP contribution in [0.1, 0.15) is 57.8 Å². The average Bonchev–Trinajstić information content (AvgIpc) is 2.51. The molecule has 0 aromatic carbocycles. The molecule has 4 saturated carbocycles. The van der Waals surface area contributed by atoms with Crippen LogP contribution in [0.25, 0.3) is 0 Å². The minimum Gasteiger partial charge on any atom is -0.390 e. The maximum absolute atomic E-state index is 13.1. The standard InChI is InChI=1S/C18H27N3O2/c19-10-14-3-1-2-4-21(14)16(22)15(20)17-6-12-5-13(7-17)9-18(23,8-12)11-17/h12-15,23H,1-9,11,20H2/t12-,13-,14?,15+,17?,18?/m0/s1. The first-order chi connectivity index (χ1) is 10.9. The Hall–Kier alpha value is -1.12. The lowest BCUT2D eigenvalue weighted by atomic mass is 9.46. The molecule has 1 amide bonds. The molecule has 1 heterocycles. The Kier molecular flexibility index (Phi) is 3.48. The summed E-state index contributed by atoms with van der Waals surface area (Å²) in [6.07, 6.45) is 8.31. The summed E-state index contributed by atoms with van der Waals surface area (Å²) in [7, 11) is 0. The summed E-state index contributed by atoms with van der Waals surface area (Å²) in [5, 5.41) is 20.2. The molecule has 4 bridgehead atoms. The van der Waals surface area contributed by atoms with Crippen LogP contribution >= 0.6 is 0 Å². The molecule has 0 spiro atoms. The molecule has 23 heavy (non-hydrogen) atoms. The minimum atomic E-state index is -0.599. The van der Waals surface area contributed by atoms with Gasteiger partial charge in [-0.05, 0) is 75.0 Å². The summed E-state index contributed by atoms with van der Waals surface area (Å²) in [6, 6.07) is 1.39. The van der Waals surface area contributed by atoms with Crippen molar-refractivity contribution >= 4 is 5.91 Å². The number of aliphatic hydroxyl groups is 1. The molecule has 5 aliphatic rings. The van der Waals surface area contributed by atoms with Crippen LogP contribution in [-0.4, -0.2) is 40.1 Å². The number of hydrogen-bond acceptors (Lipinski definition) is 4. The number of rotatable bonds is 2. The molecule has 0 radical (unpaired) electrons. The maximum Gasteiger partial charge on any atom is 0.241 e. The SMILES string of the molecule is N#CC1CCCCN1C(=O)[C@@H](N)C12C[C@@H]3C[C@H](CC(O)(C3)C1)C2. The summed E-state index contributed by atoms with van der Waals surface area (Å²) in [4.78, 5) is 14.8. The first kappa shape index (κ1) is 15.4. The molecule has 4 aliphatic carbocycles. The van der Waals surface area contributed by atoms with Gasteiger partial charge in [0, 0.05) is 6.54 Å². The molecule has 0 aromatic rings. The van der Waals surface area contributed by atoms with Gasteiger partial charge in [-0.25, -0.2) is 0 Å². The van der Waals surface area contributed by atoms with Crippen LogP contribution in [0.2, 0.25) is 0 Å². The number of nitrogens with zero attached hydrogens (tertiary/aromatic N) is 2. The van der Waals surface area contributed by atoms with Crippen molar-refractivity contribution in [3.05, 3.63) is 0 Å². The number of carbonyl (C=O) groups is 1. The summed E-state index contributed by atoms with van der Waals surface area (Å²) < 4.78 is 0. The molecule has 3 N–H and O–H groups in total. The smallest absolute Gasteiger partial charge is 0.241 e. The van der Waals surface area contributed by atoms with Crippen molar-refractivity contribution in [3.8, 4) is 6.07 Å². The van der Waals surface area contributed by atoms with E-state index >= 15 is 0 Å². The van der Waals surface area contributed by atoms with Gasteiger partial charge in [0.25, 0.3) is 0 Å². The van der Waals surface area contributed by atoms with Gasteiger partial charge in [0.15, 0.2) is 0 Å². The van der Waals surface area contributed by atoms with Gasteiger partial charge in [0.05, 0.1) is 17.7 Å². The minimum absolute atomic E-state index is 0.0539. The van der Waals surface area contributed by atoms with E-state index in [1.165, 1.54) is 6.42 Å². The number of hydrogen-bond donors (Lipinski definition) is 2. The average molecular weight is 317 g/mol. The largest absolute Gasteiger partial charge is 0.390 e. The van der Waals surface area contributed by atoms with Gasteiger partial charge >= 0.3 is 0 Å². The molecule has 126 valence electrons. The predicted molar refractivity (Wildman–Crippen MR) is 85.0 cm³/mol. The highest BCUT2D eigenvalue weighted by Gasteiger charge is 2.60. The Morgan fingerprint density at radius 1 is 1.26 bits per heavy atom. The zero-order valence-electron chi connectivity index (χ0n) is 13.7. The maximum atomic E-state index is 13.1. The van der Waals surface area contributed by atoms with Gasteiger partial charge < -0.3 is 15.7 Å². The van der Waals surface area contributed by atoms with E-state index in [1.54, 1.807) is 4.90 Å². The molecule has 1 saturated heterocycles. The quantitative estimate of drug-likeness (QED) is 0.808. The Balaban J connectivity index is 1.57. The van der Waals surface area contributed by atoms with E-state index in [9.17, 15) is 15.2 Å². The normalized spacial score (nSPS) is 46.5. The second-order valence-electron chi connectivity index (χ2n) is 8.70. The van der Waals surface area contributed by atoms with E-state index in [0.29, 0.717) is 24.8 Å². The van der Waals surface area contributed by atoms with Crippen molar-refractivity contribution in [2.75, 3.05) is 6.54 Å². The van der Waals surface area contributed by atoms with E-state index in [-0.39, 0.29) is 17.4 Å². The first-order valence-electron chi connectivity index (χ1n) is 9.13. The second-order valence-corrected chi connectivity index (χ2v) is 8.70. The highest BCUT2D eigenvalue weighted by atomic mass is 16.3. The number of carbonyl (C=O) groups excluding carboxylic acids is 1. The fourth-order valence-electron chi connectivity index (χ4n) is 6.42. The lowest BCUT2D eigenvalue weighted by Crippen LogP contribution is -2.65. The van der Waals surface area contributed by atoms with Gasteiger partial charge in [0.2, 0.25) is 5.91 Å². The fraction of sp³-hybridized carbons (Fsp3) is 0.889. The van der Waals surface area contributed by atoms with E-state index in [2.05, 4.69) is 6.07 Å². The van der Waals surface area contributed by atoms with E-state index in [4.69, 9.17) is 5.73 Å². The molecule has 5 rings (SSSR count). The highest BCUT2D eigenvalue weighted by Crippen LogP contribution is 2.62. The molecular formula is C18H27N3O2. The van der Waals surface area contributed by atoms with Gasteiger partial charge in [-0.2, -0.15) is 5.26 Å². The van der Waals surface area contributed by atoms with Crippen LogP contribution in [0.3, 0.4) is 0 Å². The zero-order valence-corrected chi connectivity index (χ0v) is 13.7. The molecule has 5 heteroatoms. The lowest BCUT2D eigenvalue weighted by molar-refractivity contribution is -0.177. The third-order valence-corrected chi connectivity index (χ3v) is 6.94. The van der Waals surface area contributed by atoms with Crippen molar-refractivity contribution in [1.29, 1.82) is 5.26 Å². The Morgan fingerprint density at radius 3 is 2.57 bits per heavy atom. The molecule has 1 aliphatic heterocycles. The Morgan fingerprint density at radius 2 is 1.96 bits per heavy atom. The van der Waals surface area contributed by atoms with Gasteiger partial charge in [-0.3, -0.25) is 4.79 Å². The van der Waals surface area contributed by atoms with E-state index < -0.39 is 11.6 Å². The summed E-state index contributed by atoms with van der Waals surface area (Å²) in [6.45, 7) is 0.651. The fourth-order valence-corrected chi connectivity index (χ4v) is 6.42. The van der Waals surface area contributed by atoms with Crippen LogP contribution in [0.15, 0.2) is 0 Å². The number of nitrogens with two attached hydrogens (primary N) is 1. The highest BCUT2D eigenvalue weighted by molar-refractivity contribution is 5.83. The lowest BCUT2D eigenvalue weighted by Gasteiger charge is -2.61. The molecule has 5 nitrogen and oxygen atoms in total. The van der Waals surface area contributed by atoms with Crippen molar-refractivity contribution in [3.63, 3.8) is 0 Å². The van der Waals surface area contributed by atoms with Crippen LogP contribution in [0.5, 0.6) is 0 Å². The van der Waals surface area contributed by atoms with Crippen molar-refractivity contribution in [2.24, 2.45) is 23.0 Å². The van der Waals surface area contributed by atoms with Crippen molar-refractivity contribution < 1.29 is 9.90 Å². The first-order valence-corrected chi connectivity index (χ1v) is 9.13. The third-order valence-electron chi connectivity index (χ3n) is 6.94. The Bertz CT molecular complexity index is 541. The number of amides is 1. The van der Waals surface area contributed by atoms with Crippen LogP contribution < -0.4 is 5.73 Å².